The standard InChI is InChI=1S/C14H17F2N5O2S/c15-12-6-14(13(16)5-10(12)7-19-24(22)23)20-3-1-11(2-4-20)21-8-17-18-9-21/h5-6,8-9,11,19H,1-4,7H2,(H,22,23)/p-1. The fraction of sp³-hybridized carbons (Fsp3) is 0.429. The second-order valence-electron chi connectivity index (χ2n) is 5.58. The van der Waals surface area contributed by atoms with E-state index in [4.69, 9.17) is 0 Å². The van der Waals surface area contributed by atoms with Gasteiger partial charge in [0.1, 0.15) is 24.3 Å². The van der Waals surface area contributed by atoms with Crippen molar-refractivity contribution >= 4 is 17.0 Å². The lowest BCUT2D eigenvalue weighted by Crippen LogP contribution is -2.35. The first kappa shape index (κ1) is 16.9. The summed E-state index contributed by atoms with van der Waals surface area (Å²) in [6.45, 7) is 0.887. The van der Waals surface area contributed by atoms with Crippen molar-refractivity contribution in [1.29, 1.82) is 0 Å². The number of rotatable bonds is 5. The quantitative estimate of drug-likeness (QED) is 0.816. The third-order valence-corrected chi connectivity index (χ3v) is 4.54. The molecule has 0 radical (unpaired) electrons. The summed E-state index contributed by atoms with van der Waals surface area (Å²) in [7, 11) is 0. The van der Waals surface area contributed by atoms with Gasteiger partial charge < -0.3 is 14.0 Å². The Kier molecular flexibility index (Phi) is 5.17. The van der Waals surface area contributed by atoms with Crippen molar-refractivity contribution in [2.45, 2.75) is 25.4 Å². The van der Waals surface area contributed by atoms with Gasteiger partial charge in [0.25, 0.3) is 0 Å². The van der Waals surface area contributed by atoms with Crippen LogP contribution in [0.4, 0.5) is 14.5 Å². The summed E-state index contributed by atoms with van der Waals surface area (Å²) in [4.78, 5) is 1.79. The SMILES string of the molecule is O=S([O-])NCc1cc(F)c(N2CCC(n3cnnc3)CC2)cc1F. The first-order valence-electron chi connectivity index (χ1n) is 7.44. The van der Waals surface area contributed by atoms with E-state index >= 15 is 0 Å². The molecule has 2 heterocycles. The van der Waals surface area contributed by atoms with Gasteiger partial charge in [0.15, 0.2) is 0 Å². The van der Waals surface area contributed by atoms with E-state index in [2.05, 4.69) is 10.2 Å². The van der Waals surface area contributed by atoms with Crippen LogP contribution in [0, 0.1) is 11.6 Å². The lowest BCUT2D eigenvalue weighted by atomic mass is 10.0. The van der Waals surface area contributed by atoms with E-state index in [1.54, 1.807) is 17.6 Å². The number of nitrogens with one attached hydrogen (secondary N) is 1. The maximum absolute atomic E-state index is 14.3. The van der Waals surface area contributed by atoms with Crippen LogP contribution in [0.2, 0.25) is 0 Å². The molecule has 0 amide bonds. The summed E-state index contributed by atoms with van der Waals surface area (Å²) >= 11 is -2.52. The molecule has 1 atom stereocenters. The normalized spacial score (nSPS) is 17.2. The predicted octanol–water partition coefficient (Wildman–Crippen LogP) is 1.28. The van der Waals surface area contributed by atoms with Crippen LogP contribution >= 0.6 is 0 Å². The Morgan fingerprint density at radius 2 is 1.88 bits per heavy atom. The first-order chi connectivity index (χ1) is 11.5. The van der Waals surface area contributed by atoms with Crippen LogP contribution in [0.3, 0.4) is 0 Å². The number of anilines is 1. The molecule has 1 aliphatic rings. The van der Waals surface area contributed by atoms with Gasteiger partial charge in [-0.3, -0.25) is 4.21 Å². The summed E-state index contributed by atoms with van der Waals surface area (Å²) in [5.41, 5.74) is 0.168. The van der Waals surface area contributed by atoms with Crippen molar-refractivity contribution in [3.05, 3.63) is 42.0 Å². The highest BCUT2D eigenvalue weighted by molar-refractivity contribution is 7.77. The van der Waals surface area contributed by atoms with E-state index in [0.29, 0.717) is 13.1 Å². The average Bonchev–Trinajstić information content (AvgIpc) is 3.10. The number of aromatic nitrogens is 3. The van der Waals surface area contributed by atoms with E-state index in [1.165, 1.54) is 0 Å². The summed E-state index contributed by atoms with van der Waals surface area (Å²) < 4.78 is 53.3. The molecule has 0 saturated carbocycles. The predicted molar refractivity (Wildman–Crippen MR) is 82.6 cm³/mol. The Hall–Kier alpha value is -1.91. The zero-order valence-corrected chi connectivity index (χ0v) is 13.5. The van der Waals surface area contributed by atoms with Crippen LogP contribution in [0.15, 0.2) is 24.8 Å². The zero-order chi connectivity index (χ0) is 17.1. The van der Waals surface area contributed by atoms with E-state index < -0.39 is 22.9 Å². The Balaban J connectivity index is 1.69. The van der Waals surface area contributed by atoms with Crippen LogP contribution in [0.5, 0.6) is 0 Å². The molecule has 0 spiro atoms. The summed E-state index contributed by atoms with van der Waals surface area (Å²) in [6.07, 6.45) is 4.86. The van der Waals surface area contributed by atoms with Crippen LogP contribution in [-0.2, 0) is 17.8 Å². The van der Waals surface area contributed by atoms with Gasteiger partial charge in [-0.05, 0) is 18.9 Å². The topological polar surface area (TPSA) is 86.1 Å². The highest BCUT2D eigenvalue weighted by Gasteiger charge is 2.23. The molecule has 1 unspecified atom stereocenters. The van der Waals surface area contributed by atoms with Crippen molar-refractivity contribution in [2.24, 2.45) is 0 Å². The Morgan fingerprint density at radius 1 is 1.21 bits per heavy atom. The fourth-order valence-corrected chi connectivity index (χ4v) is 3.17. The number of benzene rings is 1. The lowest BCUT2D eigenvalue weighted by Gasteiger charge is -2.34. The Morgan fingerprint density at radius 3 is 2.50 bits per heavy atom. The van der Waals surface area contributed by atoms with Crippen LogP contribution < -0.4 is 9.62 Å². The largest absolute Gasteiger partial charge is 0.760 e. The molecular formula is C14H16F2N5O2S-. The molecule has 7 nitrogen and oxygen atoms in total. The molecule has 1 aromatic heterocycles. The second kappa shape index (κ2) is 7.32. The van der Waals surface area contributed by atoms with Gasteiger partial charge in [-0.1, -0.05) is 0 Å². The molecule has 1 saturated heterocycles. The van der Waals surface area contributed by atoms with Crippen LogP contribution in [-0.4, -0.2) is 36.6 Å². The average molecular weight is 356 g/mol. The summed E-state index contributed by atoms with van der Waals surface area (Å²) in [5, 5.41) is 7.56. The van der Waals surface area contributed by atoms with Crippen LogP contribution in [0.25, 0.3) is 0 Å². The van der Waals surface area contributed by atoms with E-state index in [1.807, 2.05) is 9.29 Å². The third-order valence-electron chi connectivity index (χ3n) is 4.16. The molecule has 2 aromatic rings. The van der Waals surface area contributed by atoms with E-state index in [9.17, 15) is 17.5 Å². The van der Waals surface area contributed by atoms with Gasteiger partial charge in [-0.25, -0.2) is 13.5 Å². The van der Waals surface area contributed by atoms with Gasteiger partial charge in [-0.15, -0.1) is 10.2 Å². The monoisotopic (exact) mass is 356 g/mol. The van der Waals surface area contributed by atoms with Crippen molar-refractivity contribution in [3.8, 4) is 0 Å². The molecule has 10 heteroatoms. The molecule has 1 aliphatic heterocycles. The van der Waals surface area contributed by atoms with E-state index in [0.717, 1.165) is 25.0 Å². The summed E-state index contributed by atoms with van der Waals surface area (Å²) in [6, 6.07) is 2.41. The number of hydrogen-bond donors (Lipinski definition) is 1. The van der Waals surface area contributed by atoms with Crippen molar-refractivity contribution in [3.63, 3.8) is 0 Å². The molecule has 130 valence electrons. The number of nitrogens with zero attached hydrogens (tertiary/aromatic N) is 4. The smallest absolute Gasteiger partial charge is 0.147 e. The Labute approximate surface area is 140 Å². The number of hydrogen-bond acceptors (Lipinski definition) is 5. The van der Waals surface area contributed by atoms with Gasteiger partial charge >= 0.3 is 0 Å². The highest BCUT2D eigenvalue weighted by Crippen LogP contribution is 2.29. The molecule has 1 N–H and O–H groups in total. The molecule has 3 rings (SSSR count). The van der Waals surface area contributed by atoms with Gasteiger partial charge in [0.2, 0.25) is 0 Å². The zero-order valence-electron chi connectivity index (χ0n) is 12.7. The fourth-order valence-electron chi connectivity index (χ4n) is 2.89. The molecule has 24 heavy (non-hydrogen) atoms. The summed E-state index contributed by atoms with van der Waals surface area (Å²) in [5.74, 6) is -1.20. The minimum Gasteiger partial charge on any atom is -0.760 e. The Bertz CT molecular complexity index is 720. The maximum atomic E-state index is 14.3. The highest BCUT2D eigenvalue weighted by atomic mass is 32.2. The van der Waals surface area contributed by atoms with Crippen molar-refractivity contribution < 1.29 is 17.5 Å². The molecule has 1 aromatic carbocycles. The first-order valence-corrected chi connectivity index (χ1v) is 8.52. The minimum absolute atomic E-state index is 0.0279. The third kappa shape index (κ3) is 3.77. The van der Waals surface area contributed by atoms with Gasteiger partial charge in [0.05, 0.1) is 5.69 Å². The number of piperidine rings is 1. The minimum atomic E-state index is -2.52. The molecule has 1 fully saturated rings. The molecular weight excluding hydrogens is 340 g/mol. The molecule has 0 bridgehead atoms. The van der Waals surface area contributed by atoms with Crippen molar-refractivity contribution in [2.75, 3.05) is 18.0 Å². The van der Waals surface area contributed by atoms with Gasteiger partial charge in [-0.2, -0.15) is 0 Å². The molecule has 0 aliphatic carbocycles. The number of halogens is 2. The maximum Gasteiger partial charge on any atom is 0.147 e. The van der Waals surface area contributed by atoms with Gasteiger partial charge in [0, 0.05) is 48.6 Å². The van der Waals surface area contributed by atoms with Crippen molar-refractivity contribution in [1.82, 2.24) is 19.5 Å². The van der Waals surface area contributed by atoms with E-state index in [-0.39, 0.29) is 23.8 Å². The lowest BCUT2D eigenvalue weighted by molar-refractivity contribution is 0.392. The second-order valence-corrected chi connectivity index (χ2v) is 6.34. The van der Waals surface area contributed by atoms with Crippen LogP contribution in [0.1, 0.15) is 24.4 Å².